The van der Waals surface area contributed by atoms with E-state index in [0.29, 0.717) is 16.8 Å². The van der Waals surface area contributed by atoms with Crippen molar-refractivity contribution in [3.8, 4) is 17.3 Å². The van der Waals surface area contributed by atoms with E-state index in [9.17, 15) is 9.18 Å². The molecule has 2 N–H and O–H groups in total. The van der Waals surface area contributed by atoms with Crippen molar-refractivity contribution in [2.24, 2.45) is 0 Å². The van der Waals surface area contributed by atoms with E-state index in [1.807, 2.05) is 0 Å². The van der Waals surface area contributed by atoms with Gasteiger partial charge in [0.15, 0.2) is 5.69 Å². The summed E-state index contributed by atoms with van der Waals surface area (Å²) in [5.41, 5.74) is 6.99. The maximum atomic E-state index is 13.8. The van der Waals surface area contributed by atoms with Gasteiger partial charge >= 0.3 is 5.97 Å². The maximum absolute atomic E-state index is 13.8. The van der Waals surface area contributed by atoms with Crippen LogP contribution < -0.4 is 5.73 Å². The van der Waals surface area contributed by atoms with Crippen molar-refractivity contribution in [3.63, 3.8) is 0 Å². The number of carbonyl (C=O) groups is 1. The van der Waals surface area contributed by atoms with Crippen LogP contribution in [-0.4, -0.2) is 18.1 Å². The fourth-order valence-corrected chi connectivity index (χ4v) is 2.19. The van der Waals surface area contributed by atoms with Gasteiger partial charge < -0.3 is 10.5 Å². The summed E-state index contributed by atoms with van der Waals surface area (Å²) in [6, 6.07) is 5.73. The molecule has 112 valence electrons. The molecule has 1 aromatic carbocycles. The van der Waals surface area contributed by atoms with Crippen LogP contribution in [0.3, 0.4) is 0 Å². The predicted octanol–water partition coefficient (Wildman–Crippen LogP) is 3.09. The van der Waals surface area contributed by atoms with Gasteiger partial charge in [0.2, 0.25) is 0 Å². The first-order valence-electron chi connectivity index (χ1n) is 6.14. The Morgan fingerprint density at radius 3 is 2.73 bits per heavy atom. The van der Waals surface area contributed by atoms with Crippen LogP contribution in [0.4, 0.5) is 10.1 Å². The van der Waals surface area contributed by atoms with Crippen LogP contribution in [0.25, 0.3) is 11.3 Å². The molecule has 0 atom stereocenters. The second kappa shape index (κ2) is 6.00. The summed E-state index contributed by atoms with van der Waals surface area (Å²) in [6.45, 7) is 1.65. The molecule has 0 aliphatic heterocycles. The van der Waals surface area contributed by atoms with Gasteiger partial charge in [-0.15, -0.1) is 0 Å². The number of nitriles is 1. The van der Waals surface area contributed by atoms with Crippen LogP contribution in [0.15, 0.2) is 18.2 Å². The number of halogens is 2. The quantitative estimate of drug-likeness (QED) is 0.859. The van der Waals surface area contributed by atoms with Crippen molar-refractivity contribution in [1.82, 2.24) is 4.98 Å². The van der Waals surface area contributed by atoms with E-state index in [0.717, 1.165) is 6.07 Å². The van der Waals surface area contributed by atoms with Crippen molar-refractivity contribution < 1.29 is 13.9 Å². The number of pyridine rings is 1. The number of methoxy groups -OCH3 is 1. The van der Waals surface area contributed by atoms with Gasteiger partial charge in [-0.2, -0.15) is 5.26 Å². The number of aromatic nitrogens is 1. The molecule has 0 saturated carbocycles. The van der Waals surface area contributed by atoms with E-state index in [-0.39, 0.29) is 22.0 Å². The molecule has 7 heteroatoms. The minimum atomic E-state index is -0.743. The molecule has 22 heavy (non-hydrogen) atoms. The number of ether oxygens (including phenoxy) is 1. The zero-order valence-corrected chi connectivity index (χ0v) is 12.5. The van der Waals surface area contributed by atoms with Crippen LogP contribution in [0.5, 0.6) is 0 Å². The standard InChI is InChI=1S/C15H11ClFN3O2/c1-7-12(19)11(16)14(15(21)22-2)20-13(7)8-3-4-9(6-18)10(17)5-8/h3-5H,1-2H3,(H2,19,20). The molecular weight excluding hydrogens is 309 g/mol. The second-order valence-electron chi connectivity index (χ2n) is 4.46. The average Bonchev–Trinajstić information content (AvgIpc) is 2.52. The fraction of sp³-hybridized carbons (Fsp3) is 0.133. The third kappa shape index (κ3) is 2.59. The molecule has 0 unspecified atom stereocenters. The summed E-state index contributed by atoms with van der Waals surface area (Å²) in [5.74, 6) is -1.43. The number of esters is 1. The number of carbonyl (C=O) groups excluding carboxylic acids is 1. The van der Waals surface area contributed by atoms with E-state index in [1.54, 1.807) is 13.0 Å². The summed E-state index contributed by atoms with van der Waals surface area (Å²) in [5, 5.41) is 8.75. The number of anilines is 1. The van der Waals surface area contributed by atoms with Gasteiger partial charge in [-0.25, -0.2) is 14.2 Å². The average molecular weight is 320 g/mol. The molecule has 2 aromatic rings. The van der Waals surface area contributed by atoms with E-state index < -0.39 is 11.8 Å². The highest BCUT2D eigenvalue weighted by molar-refractivity contribution is 6.36. The van der Waals surface area contributed by atoms with Gasteiger partial charge in [0.1, 0.15) is 11.9 Å². The zero-order valence-electron chi connectivity index (χ0n) is 11.8. The molecular formula is C15H11ClFN3O2. The number of nitrogen functional groups attached to an aromatic ring is 1. The Hall–Kier alpha value is -2.65. The predicted molar refractivity (Wildman–Crippen MR) is 79.8 cm³/mol. The molecule has 5 nitrogen and oxygen atoms in total. The molecule has 1 heterocycles. The Morgan fingerprint density at radius 1 is 1.50 bits per heavy atom. The Balaban J connectivity index is 2.70. The van der Waals surface area contributed by atoms with Crippen LogP contribution >= 0.6 is 11.6 Å². The molecule has 0 amide bonds. The van der Waals surface area contributed by atoms with Gasteiger partial charge in [0.05, 0.1) is 29.1 Å². The summed E-state index contributed by atoms with van der Waals surface area (Å²) in [7, 11) is 1.19. The summed E-state index contributed by atoms with van der Waals surface area (Å²) >= 11 is 6.01. The highest BCUT2D eigenvalue weighted by Gasteiger charge is 2.21. The van der Waals surface area contributed by atoms with Gasteiger partial charge in [-0.05, 0) is 24.6 Å². The van der Waals surface area contributed by atoms with E-state index in [1.165, 1.54) is 19.2 Å². The highest BCUT2D eigenvalue weighted by Crippen LogP contribution is 2.33. The van der Waals surface area contributed by atoms with Crippen molar-refractivity contribution in [3.05, 3.63) is 45.9 Å². The summed E-state index contributed by atoms with van der Waals surface area (Å²) in [4.78, 5) is 15.8. The van der Waals surface area contributed by atoms with Gasteiger partial charge in [0, 0.05) is 5.56 Å². The topological polar surface area (TPSA) is 89.0 Å². The van der Waals surface area contributed by atoms with Gasteiger partial charge in [-0.1, -0.05) is 17.7 Å². The van der Waals surface area contributed by atoms with Crippen LogP contribution in [0, 0.1) is 24.1 Å². The highest BCUT2D eigenvalue weighted by atomic mass is 35.5. The van der Waals surface area contributed by atoms with E-state index >= 15 is 0 Å². The van der Waals surface area contributed by atoms with Crippen molar-refractivity contribution in [2.75, 3.05) is 12.8 Å². The molecule has 0 aliphatic rings. The Kier molecular flexibility index (Phi) is 4.29. The second-order valence-corrected chi connectivity index (χ2v) is 4.84. The Bertz CT molecular complexity index is 815. The normalized spacial score (nSPS) is 10.1. The smallest absolute Gasteiger partial charge is 0.358 e. The van der Waals surface area contributed by atoms with Crippen LogP contribution in [0.2, 0.25) is 5.02 Å². The number of nitrogens with zero attached hydrogens (tertiary/aromatic N) is 2. The monoisotopic (exact) mass is 319 g/mol. The minimum Gasteiger partial charge on any atom is -0.464 e. The molecule has 0 radical (unpaired) electrons. The summed E-state index contributed by atoms with van der Waals surface area (Å²) < 4.78 is 18.4. The van der Waals surface area contributed by atoms with Gasteiger partial charge in [0.25, 0.3) is 0 Å². The lowest BCUT2D eigenvalue weighted by Crippen LogP contribution is -2.10. The van der Waals surface area contributed by atoms with Crippen molar-refractivity contribution in [1.29, 1.82) is 5.26 Å². The fourth-order valence-electron chi connectivity index (χ4n) is 1.93. The lowest BCUT2D eigenvalue weighted by atomic mass is 10.0. The molecule has 0 fully saturated rings. The van der Waals surface area contributed by atoms with E-state index in [4.69, 9.17) is 22.6 Å². The van der Waals surface area contributed by atoms with Crippen LogP contribution in [-0.2, 0) is 4.74 Å². The lowest BCUT2D eigenvalue weighted by Gasteiger charge is -2.13. The lowest BCUT2D eigenvalue weighted by molar-refractivity contribution is 0.0594. The number of hydrogen-bond donors (Lipinski definition) is 1. The maximum Gasteiger partial charge on any atom is 0.358 e. The van der Waals surface area contributed by atoms with E-state index in [2.05, 4.69) is 9.72 Å². The third-order valence-corrected chi connectivity index (χ3v) is 3.55. The Labute approximate surface area is 131 Å². The van der Waals surface area contributed by atoms with Crippen molar-refractivity contribution >= 4 is 23.3 Å². The largest absolute Gasteiger partial charge is 0.464 e. The number of nitrogens with two attached hydrogens (primary N) is 1. The molecule has 0 aliphatic carbocycles. The first kappa shape index (κ1) is 15.7. The first-order chi connectivity index (χ1) is 10.4. The molecule has 0 bridgehead atoms. The van der Waals surface area contributed by atoms with Crippen LogP contribution in [0.1, 0.15) is 21.6 Å². The zero-order chi connectivity index (χ0) is 16.4. The number of rotatable bonds is 2. The SMILES string of the molecule is COC(=O)c1nc(-c2ccc(C#N)c(F)c2)c(C)c(N)c1Cl. The minimum absolute atomic E-state index is 0.0118. The molecule has 1 aromatic heterocycles. The molecule has 0 saturated heterocycles. The first-order valence-corrected chi connectivity index (χ1v) is 6.52. The molecule has 2 rings (SSSR count). The summed E-state index contributed by atoms with van der Waals surface area (Å²) in [6.07, 6.45) is 0. The molecule has 0 spiro atoms. The Morgan fingerprint density at radius 2 is 2.18 bits per heavy atom. The van der Waals surface area contributed by atoms with Crippen molar-refractivity contribution in [2.45, 2.75) is 6.92 Å². The van der Waals surface area contributed by atoms with Gasteiger partial charge in [-0.3, -0.25) is 0 Å². The number of hydrogen-bond acceptors (Lipinski definition) is 5. The number of benzene rings is 1. The third-order valence-electron chi connectivity index (χ3n) is 3.17.